The summed E-state index contributed by atoms with van der Waals surface area (Å²) < 4.78 is 7.05. The van der Waals surface area contributed by atoms with Crippen LogP contribution in [-0.2, 0) is 11.8 Å². The smallest absolute Gasteiger partial charge is 0.270 e. The third-order valence-corrected chi connectivity index (χ3v) is 4.11. The van der Waals surface area contributed by atoms with Gasteiger partial charge in [-0.1, -0.05) is 0 Å². The van der Waals surface area contributed by atoms with Crippen molar-refractivity contribution in [3.8, 4) is 0 Å². The van der Waals surface area contributed by atoms with Crippen LogP contribution in [0.2, 0.25) is 0 Å². The average Bonchev–Trinajstić information content (AvgIpc) is 2.83. The van der Waals surface area contributed by atoms with Gasteiger partial charge in [0.05, 0.1) is 6.61 Å². The molecule has 0 N–H and O–H groups in total. The van der Waals surface area contributed by atoms with E-state index in [4.69, 9.17) is 4.74 Å². The predicted octanol–water partition coefficient (Wildman–Crippen LogP) is 1.21. The number of nitrogens with zero attached hydrogens (tertiary/aromatic N) is 3. The molecule has 0 aromatic carbocycles. The van der Waals surface area contributed by atoms with Crippen LogP contribution in [0.3, 0.4) is 0 Å². The number of aryl methyl sites for hydroxylation is 1. The summed E-state index contributed by atoms with van der Waals surface area (Å²) in [6.07, 6.45) is 1.91. The summed E-state index contributed by atoms with van der Waals surface area (Å²) in [7, 11) is 3.64. The topological polar surface area (TPSA) is 37.7 Å². The average molecular weight is 279 g/mol. The highest BCUT2D eigenvalue weighted by Crippen LogP contribution is 2.17. The molecule has 5 nitrogen and oxygen atoms in total. The Labute approximate surface area is 121 Å². The molecule has 1 aliphatic heterocycles. The van der Waals surface area contributed by atoms with Crippen molar-refractivity contribution in [2.75, 3.05) is 33.4 Å². The summed E-state index contributed by atoms with van der Waals surface area (Å²) in [6.45, 7) is 7.56. The highest BCUT2D eigenvalue weighted by atomic mass is 16.5. The van der Waals surface area contributed by atoms with Crippen LogP contribution in [0.4, 0.5) is 0 Å². The van der Waals surface area contributed by atoms with Gasteiger partial charge in [-0.2, -0.15) is 0 Å². The summed E-state index contributed by atoms with van der Waals surface area (Å²) in [5, 5.41) is 0. The van der Waals surface area contributed by atoms with E-state index in [0.29, 0.717) is 12.1 Å². The fourth-order valence-electron chi connectivity index (χ4n) is 3.01. The van der Waals surface area contributed by atoms with Crippen LogP contribution >= 0.6 is 0 Å². The summed E-state index contributed by atoms with van der Waals surface area (Å²) in [6, 6.07) is 4.51. The third kappa shape index (κ3) is 3.04. The Morgan fingerprint density at radius 2 is 2.00 bits per heavy atom. The van der Waals surface area contributed by atoms with Gasteiger partial charge in [-0.25, -0.2) is 0 Å². The first-order chi connectivity index (χ1) is 9.54. The molecule has 0 aliphatic carbocycles. The molecule has 1 fully saturated rings. The van der Waals surface area contributed by atoms with Crippen molar-refractivity contribution in [2.45, 2.75) is 25.9 Å². The molecule has 0 radical (unpaired) electrons. The van der Waals surface area contributed by atoms with Gasteiger partial charge >= 0.3 is 0 Å². The van der Waals surface area contributed by atoms with Crippen LogP contribution in [0.15, 0.2) is 18.3 Å². The van der Waals surface area contributed by atoms with E-state index in [0.717, 1.165) is 31.9 Å². The maximum atomic E-state index is 12.6. The molecule has 1 aliphatic rings. The van der Waals surface area contributed by atoms with Crippen LogP contribution in [-0.4, -0.2) is 65.7 Å². The Hall–Kier alpha value is -1.33. The standard InChI is InChI=1S/C15H25N3O2/c1-12-10-17(11-13(2)18(12)8-9-20-4)15(19)14-6-5-7-16(14)3/h5-7,12-13H,8-11H2,1-4H3/t12-,13+. The molecule has 2 rings (SSSR count). The fourth-order valence-corrected chi connectivity index (χ4v) is 3.01. The third-order valence-electron chi connectivity index (χ3n) is 4.11. The van der Waals surface area contributed by atoms with Gasteiger partial charge in [0, 0.05) is 52.1 Å². The zero-order valence-electron chi connectivity index (χ0n) is 12.9. The van der Waals surface area contributed by atoms with Gasteiger partial charge in [0.1, 0.15) is 5.69 Å². The number of carbonyl (C=O) groups is 1. The number of aromatic nitrogens is 1. The molecule has 112 valence electrons. The molecule has 0 spiro atoms. The zero-order chi connectivity index (χ0) is 14.7. The first kappa shape index (κ1) is 15.1. The predicted molar refractivity (Wildman–Crippen MR) is 78.8 cm³/mol. The van der Waals surface area contributed by atoms with Crippen LogP contribution in [0.25, 0.3) is 0 Å². The molecule has 0 bridgehead atoms. The highest BCUT2D eigenvalue weighted by Gasteiger charge is 2.32. The first-order valence-electron chi connectivity index (χ1n) is 7.20. The molecule has 1 aromatic rings. The fraction of sp³-hybridized carbons (Fsp3) is 0.667. The molecular weight excluding hydrogens is 254 g/mol. The van der Waals surface area contributed by atoms with Crippen molar-refractivity contribution in [2.24, 2.45) is 7.05 Å². The Morgan fingerprint density at radius 1 is 1.35 bits per heavy atom. The van der Waals surface area contributed by atoms with Crippen LogP contribution in [0.5, 0.6) is 0 Å². The van der Waals surface area contributed by atoms with Gasteiger partial charge in [0.25, 0.3) is 5.91 Å². The quantitative estimate of drug-likeness (QED) is 0.831. The second kappa shape index (κ2) is 6.41. The lowest BCUT2D eigenvalue weighted by molar-refractivity contribution is 0.0188. The van der Waals surface area contributed by atoms with Gasteiger partial charge in [-0.3, -0.25) is 9.69 Å². The number of amides is 1. The molecule has 20 heavy (non-hydrogen) atoms. The number of hydrogen-bond donors (Lipinski definition) is 0. The highest BCUT2D eigenvalue weighted by molar-refractivity contribution is 5.92. The SMILES string of the molecule is COCCN1[C@H](C)CN(C(=O)c2cccn2C)C[C@@H]1C. The molecule has 2 atom stereocenters. The monoisotopic (exact) mass is 279 g/mol. The van der Waals surface area contributed by atoms with Crippen molar-refractivity contribution < 1.29 is 9.53 Å². The van der Waals surface area contributed by atoms with E-state index in [-0.39, 0.29) is 5.91 Å². The number of carbonyl (C=O) groups excluding carboxylic acids is 1. The molecule has 1 saturated heterocycles. The van der Waals surface area contributed by atoms with Gasteiger partial charge in [-0.05, 0) is 26.0 Å². The number of hydrogen-bond acceptors (Lipinski definition) is 3. The molecular formula is C15H25N3O2. The number of rotatable bonds is 4. The lowest BCUT2D eigenvalue weighted by Gasteiger charge is -2.44. The summed E-state index contributed by atoms with van der Waals surface area (Å²) in [4.78, 5) is 16.9. The van der Waals surface area contributed by atoms with Gasteiger partial charge in [-0.15, -0.1) is 0 Å². The largest absolute Gasteiger partial charge is 0.383 e. The second-order valence-corrected chi connectivity index (χ2v) is 5.64. The van der Waals surface area contributed by atoms with Gasteiger partial charge in [0.2, 0.25) is 0 Å². The maximum Gasteiger partial charge on any atom is 0.270 e. The Balaban J connectivity index is 2.03. The first-order valence-corrected chi connectivity index (χ1v) is 7.20. The Bertz CT molecular complexity index is 446. The minimum atomic E-state index is 0.127. The molecule has 1 amide bonds. The van der Waals surface area contributed by atoms with Crippen molar-refractivity contribution in [1.29, 1.82) is 0 Å². The molecule has 0 unspecified atom stereocenters. The number of piperazine rings is 1. The van der Waals surface area contributed by atoms with Crippen LogP contribution < -0.4 is 0 Å². The summed E-state index contributed by atoms with van der Waals surface area (Å²) in [5.74, 6) is 0.127. The molecule has 0 saturated carbocycles. The van der Waals surface area contributed by atoms with Gasteiger partial charge in [0.15, 0.2) is 0 Å². The van der Waals surface area contributed by atoms with Crippen molar-refractivity contribution >= 4 is 5.91 Å². The minimum Gasteiger partial charge on any atom is -0.383 e. The second-order valence-electron chi connectivity index (χ2n) is 5.64. The van der Waals surface area contributed by atoms with E-state index in [1.54, 1.807) is 7.11 Å². The lowest BCUT2D eigenvalue weighted by Crippen LogP contribution is -2.58. The maximum absolute atomic E-state index is 12.6. The van der Waals surface area contributed by atoms with Gasteiger partial charge < -0.3 is 14.2 Å². The van der Waals surface area contributed by atoms with Crippen LogP contribution in [0.1, 0.15) is 24.3 Å². The summed E-state index contributed by atoms with van der Waals surface area (Å²) >= 11 is 0. The van der Waals surface area contributed by atoms with Crippen molar-refractivity contribution in [3.05, 3.63) is 24.0 Å². The lowest BCUT2D eigenvalue weighted by atomic mass is 10.1. The molecule has 2 heterocycles. The zero-order valence-corrected chi connectivity index (χ0v) is 12.9. The van der Waals surface area contributed by atoms with E-state index in [2.05, 4.69) is 18.7 Å². The van der Waals surface area contributed by atoms with E-state index >= 15 is 0 Å². The van der Waals surface area contributed by atoms with Crippen molar-refractivity contribution in [1.82, 2.24) is 14.4 Å². The Kier molecular flexibility index (Phi) is 4.83. The number of methoxy groups -OCH3 is 1. The molecule has 5 heteroatoms. The normalized spacial score (nSPS) is 24.1. The molecule has 1 aromatic heterocycles. The Morgan fingerprint density at radius 3 is 2.50 bits per heavy atom. The van der Waals surface area contributed by atoms with E-state index < -0.39 is 0 Å². The van der Waals surface area contributed by atoms with Crippen LogP contribution in [0, 0.1) is 0 Å². The van der Waals surface area contributed by atoms with E-state index in [1.165, 1.54) is 0 Å². The minimum absolute atomic E-state index is 0.127. The number of ether oxygens (including phenoxy) is 1. The van der Waals surface area contributed by atoms with Crippen molar-refractivity contribution in [3.63, 3.8) is 0 Å². The summed E-state index contributed by atoms with van der Waals surface area (Å²) in [5.41, 5.74) is 0.759. The van der Waals surface area contributed by atoms with E-state index in [1.807, 2.05) is 34.8 Å². The van der Waals surface area contributed by atoms with E-state index in [9.17, 15) is 4.79 Å².